The Morgan fingerprint density at radius 3 is 3.00 bits per heavy atom. The predicted octanol–water partition coefficient (Wildman–Crippen LogP) is 2.45. The number of aryl methyl sites for hydroxylation is 1. The van der Waals surface area contributed by atoms with E-state index in [1.807, 2.05) is 40.8 Å². The largest absolute Gasteiger partial charge is 0.337 e. The van der Waals surface area contributed by atoms with Crippen LogP contribution < -0.4 is 0 Å². The number of amides is 1. The fraction of sp³-hybridized carbons (Fsp3) is 0.333. The van der Waals surface area contributed by atoms with Crippen LogP contribution in [0.1, 0.15) is 40.5 Å². The molecule has 4 heterocycles. The van der Waals surface area contributed by atoms with Crippen LogP contribution in [0, 0.1) is 6.92 Å². The highest BCUT2D eigenvalue weighted by Crippen LogP contribution is 2.25. The number of fused-ring (bicyclic) bond motifs is 1. The number of carbonyl (C=O) groups excluding carboxylic acids is 1. The first-order valence-corrected chi connectivity index (χ1v) is 8.21. The van der Waals surface area contributed by atoms with Crippen LogP contribution in [0.15, 0.2) is 43.1 Å². The van der Waals surface area contributed by atoms with Crippen molar-refractivity contribution >= 4 is 11.6 Å². The number of hydrogen-bond donors (Lipinski definition) is 0. The van der Waals surface area contributed by atoms with E-state index in [4.69, 9.17) is 0 Å². The van der Waals surface area contributed by atoms with Gasteiger partial charge in [0.05, 0.1) is 5.69 Å². The van der Waals surface area contributed by atoms with Gasteiger partial charge in [-0.15, -0.1) is 0 Å². The van der Waals surface area contributed by atoms with Crippen LogP contribution in [0.3, 0.4) is 0 Å². The molecule has 24 heavy (non-hydrogen) atoms. The zero-order valence-corrected chi connectivity index (χ0v) is 13.6. The van der Waals surface area contributed by atoms with E-state index in [0.29, 0.717) is 12.2 Å². The molecule has 0 unspecified atom stereocenters. The van der Waals surface area contributed by atoms with Gasteiger partial charge in [-0.25, -0.2) is 4.98 Å². The Morgan fingerprint density at radius 2 is 2.17 bits per heavy atom. The number of pyridine rings is 1. The van der Waals surface area contributed by atoms with E-state index >= 15 is 0 Å². The Hall–Kier alpha value is -2.76. The van der Waals surface area contributed by atoms with Crippen molar-refractivity contribution < 1.29 is 4.79 Å². The van der Waals surface area contributed by atoms with Gasteiger partial charge in [0.2, 0.25) is 0 Å². The molecule has 122 valence electrons. The smallest absolute Gasteiger partial charge is 0.274 e. The van der Waals surface area contributed by atoms with Crippen molar-refractivity contribution in [3.8, 4) is 0 Å². The second-order valence-corrected chi connectivity index (χ2v) is 6.32. The summed E-state index contributed by atoms with van der Waals surface area (Å²) in [5.41, 5.74) is 3.40. The minimum Gasteiger partial charge on any atom is -0.337 e. The molecule has 0 aromatic carbocycles. The van der Waals surface area contributed by atoms with Gasteiger partial charge in [-0.3, -0.25) is 14.8 Å². The van der Waals surface area contributed by atoms with E-state index in [-0.39, 0.29) is 11.8 Å². The third-order valence-electron chi connectivity index (χ3n) is 4.53. The lowest BCUT2D eigenvalue weighted by atomic mass is 9.95. The Kier molecular flexibility index (Phi) is 3.72. The van der Waals surface area contributed by atoms with Gasteiger partial charge >= 0.3 is 0 Å². The number of hydrogen-bond acceptors (Lipinski definition) is 4. The summed E-state index contributed by atoms with van der Waals surface area (Å²) in [6.07, 6.45) is 11.0. The molecule has 1 atom stereocenters. The highest BCUT2D eigenvalue weighted by molar-refractivity contribution is 5.93. The average Bonchev–Trinajstić information content (AvgIpc) is 3.05. The maximum Gasteiger partial charge on any atom is 0.274 e. The molecule has 1 amide bonds. The fourth-order valence-electron chi connectivity index (χ4n) is 3.29. The molecule has 1 aliphatic heterocycles. The number of likely N-dealkylation sites (tertiary alicyclic amines) is 1. The first-order valence-electron chi connectivity index (χ1n) is 8.21. The second-order valence-electron chi connectivity index (χ2n) is 6.32. The summed E-state index contributed by atoms with van der Waals surface area (Å²) < 4.78 is 1.91. The molecule has 0 N–H and O–H groups in total. The van der Waals surface area contributed by atoms with Crippen molar-refractivity contribution in [3.63, 3.8) is 0 Å². The van der Waals surface area contributed by atoms with Crippen molar-refractivity contribution in [2.24, 2.45) is 0 Å². The molecule has 1 fully saturated rings. The lowest BCUT2D eigenvalue weighted by Gasteiger charge is -2.31. The zero-order chi connectivity index (χ0) is 16.5. The molecule has 1 aliphatic rings. The van der Waals surface area contributed by atoms with Crippen molar-refractivity contribution in [1.29, 1.82) is 0 Å². The molecule has 0 spiro atoms. The highest BCUT2D eigenvalue weighted by atomic mass is 16.2. The maximum absolute atomic E-state index is 12.8. The molecule has 4 rings (SSSR count). The predicted molar refractivity (Wildman–Crippen MR) is 89.8 cm³/mol. The monoisotopic (exact) mass is 321 g/mol. The minimum absolute atomic E-state index is 0.00931. The lowest BCUT2D eigenvalue weighted by molar-refractivity contribution is 0.0700. The van der Waals surface area contributed by atoms with Crippen LogP contribution in [0.4, 0.5) is 0 Å². The Balaban J connectivity index is 1.56. The topological polar surface area (TPSA) is 63.4 Å². The van der Waals surface area contributed by atoms with Gasteiger partial charge in [-0.2, -0.15) is 0 Å². The molecular weight excluding hydrogens is 302 g/mol. The first kappa shape index (κ1) is 14.8. The Morgan fingerprint density at radius 1 is 1.25 bits per heavy atom. The quantitative estimate of drug-likeness (QED) is 0.727. The van der Waals surface area contributed by atoms with E-state index in [1.165, 1.54) is 0 Å². The van der Waals surface area contributed by atoms with Crippen LogP contribution in [0.5, 0.6) is 0 Å². The van der Waals surface area contributed by atoms with Crippen molar-refractivity contribution in [2.75, 3.05) is 13.1 Å². The fourth-order valence-corrected chi connectivity index (χ4v) is 3.29. The molecule has 3 aromatic heterocycles. The van der Waals surface area contributed by atoms with E-state index in [0.717, 1.165) is 36.3 Å². The molecule has 6 nitrogen and oxygen atoms in total. The van der Waals surface area contributed by atoms with Crippen LogP contribution >= 0.6 is 0 Å². The number of carbonyl (C=O) groups is 1. The van der Waals surface area contributed by atoms with E-state index in [9.17, 15) is 4.79 Å². The zero-order valence-electron chi connectivity index (χ0n) is 13.6. The van der Waals surface area contributed by atoms with Crippen molar-refractivity contribution in [2.45, 2.75) is 25.7 Å². The van der Waals surface area contributed by atoms with Gasteiger partial charge in [-0.05, 0) is 31.4 Å². The molecule has 0 bridgehead atoms. The molecular formula is C18H19N5O. The van der Waals surface area contributed by atoms with Crippen molar-refractivity contribution in [1.82, 2.24) is 24.3 Å². The van der Waals surface area contributed by atoms with Gasteiger partial charge < -0.3 is 9.30 Å². The summed E-state index contributed by atoms with van der Waals surface area (Å²) in [4.78, 5) is 27.7. The van der Waals surface area contributed by atoms with Gasteiger partial charge in [0.1, 0.15) is 11.3 Å². The van der Waals surface area contributed by atoms with Crippen LogP contribution in [-0.4, -0.2) is 43.2 Å². The van der Waals surface area contributed by atoms with Gasteiger partial charge in [-0.1, -0.05) is 6.07 Å². The summed E-state index contributed by atoms with van der Waals surface area (Å²) in [7, 11) is 0. The van der Waals surface area contributed by atoms with E-state index in [2.05, 4.69) is 15.0 Å². The molecule has 1 saturated heterocycles. The number of nitrogens with zero attached hydrogens (tertiary/aromatic N) is 5. The van der Waals surface area contributed by atoms with E-state index in [1.54, 1.807) is 18.6 Å². The van der Waals surface area contributed by atoms with Crippen molar-refractivity contribution in [3.05, 3.63) is 60.1 Å². The SMILES string of the molecule is Cc1ccc2nc(C(=O)N3CCC[C@@H](c4cnccn4)C3)cn2c1. The van der Waals surface area contributed by atoms with Crippen LogP contribution in [-0.2, 0) is 0 Å². The third kappa shape index (κ3) is 2.75. The molecule has 0 radical (unpaired) electrons. The summed E-state index contributed by atoms with van der Waals surface area (Å²) in [6.45, 7) is 3.46. The maximum atomic E-state index is 12.8. The van der Waals surface area contributed by atoms with Gasteiger partial charge in [0.15, 0.2) is 0 Å². The lowest BCUT2D eigenvalue weighted by Crippen LogP contribution is -2.39. The second kappa shape index (κ2) is 6.03. The van der Waals surface area contributed by atoms with E-state index < -0.39 is 0 Å². The normalized spacial score (nSPS) is 18.0. The molecule has 0 aliphatic carbocycles. The summed E-state index contributed by atoms with van der Waals surface area (Å²) in [6, 6.07) is 3.94. The summed E-state index contributed by atoms with van der Waals surface area (Å²) in [5, 5.41) is 0. The third-order valence-corrected chi connectivity index (χ3v) is 4.53. The Labute approximate surface area is 140 Å². The van der Waals surface area contributed by atoms with Crippen LogP contribution in [0.2, 0.25) is 0 Å². The molecule has 0 saturated carbocycles. The number of imidazole rings is 1. The minimum atomic E-state index is -0.00931. The van der Waals surface area contributed by atoms with Crippen LogP contribution in [0.25, 0.3) is 5.65 Å². The molecule has 6 heteroatoms. The Bertz CT molecular complexity index is 874. The standard InChI is InChI=1S/C18H19N5O/c1-13-4-5-17-21-16(12-23(17)10-13)18(24)22-8-2-3-14(11-22)15-9-19-6-7-20-15/h4-7,9-10,12,14H,2-3,8,11H2,1H3/t14-/m1/s1. The number of piperidine rings is 1. The first-order chi connectivity index (χ1) is 11.7. The molecule has 3 aromatic rings. The summed E-state index contributed by atoms with van der Waals surface area (Å²) in [5.74, 6) is 0.237. The number of rotatable bonds is 2. The van der Waals surface area contributed by atoms with Gasteiger partial charge in [0, 0.05) is 50.0 Å². The van der Waals surface area contributed by atoms with Gasteiger partial charge in [0.25, 0.3) is 5.91 Å². The average molecular weight is 321 g/mol. The number of aromatic nitrogens is 4. The summed E-state index contributed by atoms with van der Waals surface area (Å²) >= 11 is 0. The highest BCUT2D eigenvalue weighted by Gasteiger charge is 2.27.